The topological polar surface area (TPSA) is 8.81 Å². The average molecular weight is 404 g/mol. The van der Waals surface area contributed by atoms with E-state index in [9.17, 15) is 17.3 Å². The van der Waals surface area contributed by atoms with Crippen molar-refractivity contribution in [3.05, 3.63) is 72.3 Å². The number of aromatic nitrogens is 2. The molecule has 1 heterocycles. The number of unbranched alkanes of at least 4 members (excludes halogenated alkanes) is 3. The van der Waals surface area contributed by atoms with Gasteiger partial charge in [-0.05, 0) is 59.7 Å². The number of aryl methyl sites for hydroxylation is 1. The Bertz CT molecular complexity index is 944. The van der Waals surface area contributed by atoms with Gasteiger partial charge in [0.1, 0.15) is 18.1 Å². The number of nitrogens with zero attached hydrogens (tertiary/aromatic N) is 2. The van der Waals surface area contributed by atoms with Crippen LogP contribution in [0, 0.1) is 0 Å². The first kappa shape index (κ1) is 21.2. The zero-order valence-corrected chi connectivity index (χ0v) is 16.5. The number of halogens is 4. The molecule has 0 amide bonds. The van der Waals surface area contributed by atoms with Crippen LogP contribution in [0.3, 0.4) is 0 Å². The van der Waals surface area contributed by atoms with E-state index in [0.717, 1.165) is 13.0 Å². The molecule has 29 heavy (non-hydrogen) atoms. The minimum Gasteiger partial charge on any atom is -0.418 e. The summed E-state index contributed by atoms with van der Waals surface area (Å²) in [5.41, 5.74) is 6.94. The van der Waals surface area contributed by atoms with Crippen LogP contribution in [0.2, 0.25) is 0 Å². The number of hydrogen-bond donors (Lipinski definition) is 0. The summed E-state index contributed by atoms with van der Waals surface area (Å²) >= 11 is 0. The fourth-order valence-electron chi connectivity index (χ4n) is 3.69. The van der Waals surface area contributed by atoms with Crippen LogP contribution < -0.4 is 4.57 Å². The molecule has 1 aromatic heterocycles. The number of benzene rings is 2. The van der Waals surface area contributed by atoms with Crippen molar-refractivity contribution in [2.24, 2.45) is 0 Å². The molecule has 3 aromatic rings. The summed E-state index contributed by atoms with van der Waals surface area (Å²) in [6.07, 6.45) is 12.9. The van der Waals surface area contributed by atoms with E-state index in [1.165, 1.54) is 53.6 Å². The lowest BCUT2D eigenvalue weighted by atomic mass is 10.1. The zero-order chi connectivity index (χ0) is 20.9. The van der Waals surface area contributed by atoms with Crippen molar-refractivity contribution in [3.63, 3.8) is 0 Å². The highest BCUT2D eigenvalue weighted by molar-refractivity contribution is 6.50. The summed E-state index contributed by atoms with van der Waals surface area (Å²) in [5.74, 6) is 0. The van der Waals surface area contributed by atoms with E-state index in [2.05, 4.69) is 77.2 Å². The van der Waals surface area contributed by atoms with Crippen molar-refractivity contribution in [3.8, 4) is 16.8 Å². The quantitative estimate of drug-likeness (QED) is 0.156. The summed E-state index contributed by atoms with van der Waals surface area (Å²) in [4.78, 5) is 0. The molecular formula is C22H25BF4N2. The first-order valence-electron chi connectivity index (χ1n) is 10.0. The van der Waals surface area contributed by atoms with E-state index in [4.69, 9.17) is 0 Å². The van der Waals surface area contributed by atoms with Crippen molar-refractivity contribution in [1.82, 2.24) is 4.57 Å². The second-order valence-electron chi connectivity index (χ2n) is 7.29. The molecule has 0 atom stereocenters. The maximum Gasteiger partial charge on any atom is 0.673 e. The Hall–Kier alpha value is -2.57. The third-order valence-electron chi connectivity index (χ3n) is 5.04. The van der Waals surface area contributed by atoms with Gasteiger partial charge in [0.15, 0.2) is 0 Å². The van der Waals surface area contributed by atoms with Gasteiger partial charge >= 0.3 is 7.25 Å². The molecule has 4 rings (SSSR count). The lowest BCUT2D eigenvalue weighted by Crippen LogP contribution is -2.30. The number of hydrogen-bond acceptors (Lipinski definition) is 0. The fraction of sp³-hybridized carbons (Fsp3) is 0.318. The summed E-state index contributed by atoms with van der Waals surface area (Å²) in [7, 11) is -6.00. The largest absolute Gasteiger partial charge is 0.673 e. The molecule has 0 bridgehead atoms. The second kappa shape index (κ2) is 9.29. The molecule has 154 valence electrons. The normalized spacial score (nSPS) is 12.2. The molecular weight excluding hydrogens is 379 g/mol. The monoisotopic (exact) mass is 404 g/mol. The van der Waals surface area contributed by atoms with Crippen molar-refractivity contribution < 1.29 is 21.8 Å². The molecule has 0 saturated carbocycles. The molecule has 1 aliphatic rings. The van der Waals surface area contributed by atoms with Gasteiger partial charge in [0, 0.05) is 0 Å². The first-order valence-corrected chi connectivity index (χ1v) is 10.0. The standard InChI is InChI=1S/C22H25N2.BF4/c1-2-3-4-7-12-23-13-14-24(17-23)20-10-11-22-19(16-20)15-18-8-5-6-9-21(18)22;2-1(3,4)5/h5-6,8-11,13-14,16-17H,2-4,7,12,15H2,1H3;/q+1;-1. The van der Waals surface area contributed by atoms with Gasteiger partial charge in [0.25, 0.3) is 0 Å². The van der Waals surface area contributed by atoms with Gasteiger partial charge in [-0.2, -0.15) is 0 Å². The Labute approximate surface area is 168 Å². The maximum atomic E-state index is 9.75. The van der Waals surface area contributed by atoms with Crippen molar-refractivity contribution in [1.29, 1.82) is 0 Å². The minimum absolute atomic E-state index is 1.05. The molecule has 0 radical (unpaired) electrons. The molecule has 0 fully saturated rings. The van der Waals surface area contributed by atoms with E-state index in [1.807, 2.05) is 0 Å². The van der Waals surface area contributed by atoms with E-state index >= 15 is 0 Å². The Morgan fingerprint density at radius 1 is 0.931 bits per heavy atom. The fourth-order valence-corrected chi connectivity index (χ4v) is 3.69. The van der Waals surface area contributed by atoms with Crippen LogP contribution in [-0.4, -0.2) is 11.8 Å². The Morgan fingerprint density at radius 2 is 1.66 bits per heavy atom. The van der Waals surface area contributed by atoms with Gasteiger partial charge in [0.05, 0.1) is 6.54 Å². The maximum absolute atomic E-state index is 9.75. The highest BCUT2D eigenvalue weighted by Crippen LogP contribution is 2.37. The van der Waals surface area contributed by atoms with E-state index in [-0.39, 0.29) is 0 Å². The average Bonchev–Trinajstić information content (AvgIpc) is 3.28. The van der Waals surface area contributed by atoms with Crippen LogP contribution in [0.15, 0.2) is 61.2 Å². The van der Waals surface area contributed by atoms with Gasteiger partial charge in [-0.15, -0.1) is 0 Å². The van der Waals surface area contributed by atoms with Gasteiger partial charge in [-0.1, -0.05) is 44.0 Å². The van der Waals surface area contributed by atoms with Gasteiger partial charge in [-0.3, -0.25) is 0 Å². The summed E-state index contributed by atoms with van der Waals surface area (Å²) in [5, 5.41) is 0. The Balaban J connectivity index is 0.000000431. The molecule has 2 nitrogen and oxygen atoms in total. The van der Waals surface area contributed by atoms with Crippen molar-refractivity contribution >= 4 is 7.25 Å². The molecule has 0 saturated heterocycles. The van der Waals surface area contributed by atoms with Gasteiger partial charge in [0.2, 0.25) is 6.33 Å². The van der Waals surface area contributed by atoms with Crippen LogP contribution in [0.25, 0.3) is 16.8 Å². The van der Waals surface area contributed by atoms with E-state index in [0.29, 0.717) is 0 Å². The number of fused-ring (bicyclic) bond motifs is 3. The SMILES string of the molecule is CCCCCC[n+]1ccn(-c2ccc3c(c2)Cc2ccccc2-3)c1.F[B-](F)(F)F. The molecule has 0 N–H and O–H groups in total. The van der Waals surface area contributed by atoms with Gasteiger partial charge < -0.3 is 17.3 Å². The molecule has 0 spiro atoms. The molecule has 2 aromatic carbocycles. The smallest absolute Gasteiger partial charge is 0.418 e. The lowest BCUT2D eigenvalue weighted by Gasteiger charge is -2.02. The molecule has 0 unspecified atom stereocenters. The van der Waals surface area contributed by atoms with Crippen LogP contribution in [0.4, 0.5) is 17.3 Å². The molecule has 1 aliphatic carbocycles. The summed E-state index contributed by atoms with van der Waals surface area (Å²) in [6, 6.07) is 15.6. The van der Waals surface area contributed by atoms with Crippen molar-refractivity contribution in [2.45, 2.75) is 45.6 Å². The third-order valence-corrected chi connectivity index (χ3v) is 5.04. The van der Waals surface area contributed by atoms with E-state index < -0.39 is 7.25 Å². The highest BCUT2D eigenvalue weighted by atomic mass is 19.5. The Kier molecular flexibility index (Phi) is 6.77. The number of imidazole rings is 1. The van der Waals surface area contributed by atoms with Crippen LogP contribution in [0.1, 0.15) is 43.7 Å². The first-order chi connectivity index (χ1) is 13.8. The lowest BCUT2D eigenvalue weighted by molar-refractivity contribution is -0.696. The summed E-state index contributed by atoms with van der Waals surface area (Å²) < 4.78 is 43.5. The molecule has 0 aliphatic heterocycles. The van der Waals surface area contributed by atoms with Crippen LogP contribution in [-0.2, 0) is 13.0 Å². The zero-order valence-electron chi connectivity index (χ0n) is 16.5. The van der Waals surface area contributed by atoms with Crippen LogP contribution >= 0.6 is 0 Å². The summed E-state index contributed by atoms with van der Waals surface area (Å²) in [6.45, 7) is 3.37. The minimum atomic E-state index is -6.00. The van der Waals surface area contributed by atoms with Crippen molar-refractivity contribution in [2.75, 3.05) is 0 Å². The van der Waals surface area contributed by atoms with E-state index in [1.54, 1.807) is 0 Å². The highest BCUT2D eigenvalue weighted by Gasteiger charge is 2.21. The number of rotatable bonds is 6. The van der Waals surface area contributed by atoms with Gasteiger partial charge in [-0.25, -0.2) is 9.13 Å². The second-order valence-corrected chi connectivity index (χ2v) is 7.29. The third kappa shape index (κ3) is 5.95. The van der Waals surface area contributed by atoms with Crippen LogP contribution in [0.5, 0.6) is 0 Å². The predicted molar refractivity (Wildman–Crippen MR) is 109 cm³/mol. The predicted octanol–water partition coefficient (Wildman–Crippen LogP) is 6.22. The molecule has 7 heteroatoms. The Morgan fingerprint density at radius 3 is 2.41 bits per heavy atom.